The first-order valence-corrected chi connectivity index (χ1v) is 6.65. The van der Waals surface area contributed by atoms with Gasteiger partial charge in [0, 0.05) is 28.9 Å². The minimum Gasteiger partial charge on any atom is -0.496 e. The molecule has 0 radical (unpaired) electrons. The molecule has 2 N–H and O–H groups in total. The molecule has 0 aliphatic carbocycles. The van der Waals surface area contributed by atoms with E-state index in [4.69, 9.17) is 22.1 Å². The standard InChI is InChI=1S/C14H18ClN3O/c1-3-6-18-9-10(8-17-18)14(16)12-5-4-11(15)7-13(12)19-2/h4-5,7-9,14H,3,6,16H2,1-2H3. The van der Waals surface area contributed by atoms with Gasteiger partial charge in [0.05, 0.1) is 19.3 Å². The lowest BCUT2D eigenvalue weighted by Gasteiger charge is -2.14. The second kappa shape index (κ2) is 6.08. The molecule has 1 atom stereocenters. The number of hydrogen-bond donors (Lipinski definition) is 1. The van der Waals surface area contributed by atoms with Gasteiger partial charge in [0.2, 0.25) is 0 Å². The molecule has 1 aromatic heterocycles. The molecular formula is C14H18ClN3O. The van der Waals surface area contributed by atoms with Gasteiger partial charge >= 0.3 is 0 Å². The molecule has 0 amide bonds. The van der Waals surface area contributed by atoms with Crippen LogP contribution in [0.2, 0.25) is 5.02 Å². The highest BCUT2D eigenvalue weighted by Gasteiger charge is 2.16. The summed E-state index contributed by atoms with van der Waals surface area (Å²) in [4.78, 5) is 0. The Balaban J connectivity index is 2.29. The lowest BCUT2D eigenvalue weighted by atomic mass is 10.0. The molecular weight excluding hydrogens is 262 g/mol. The first-order chi connectivity index (χ1) is 9.15. The highest BCUT2D eigenvalue weighted by atomic mass is 35.5. The van der Waals surface area contributed by atoms with E-state index in [9.17, 15) is 0 Å². The van der Waals surface area contributed by atoms with E-state index in [1.807, 2.05) is 23.0 Å². The molecule has 2 aromatic rings. The molecule has 0 bridgehead atoms. The van der Waals surface area contributed by atoms with E-state index in [1.165, 1.54) is 0 Å². The van der Waals surface area contributed by atoms with Crippen LogP contribution in [0.1, 0.15) is 30.5 Å². The van der Waals surface area contributed by atoms with Crippen LogP contribution < -0.4 is 10.5 Å². The Bertz CT molecular complexity index is 553. The Morgan fingerprint density at radius 1 is 1.47 bits per heavy atom. The van der Waals surface area contributed by atoms with Crippen LogP contribution in [0, 0.1) is 0 Å². The van der Waals surface area contributed by atoms with Gasteiger partial charge in [0.25, 0.3) is 0 Å². The Hall–Kier alpha value is -1.52. The van der Waals surface area contributed by atoms with Crippen molar-refractivity contribution in [1.29, 1.82) is 0 Å². The maximum atomic E-state index is 6.28. The van der Waals surface area contributed by atoms with Crippen molar-refractivity contribution in [2.75, 3.05) is 7.11 Å². The highest BCUT2D eigenvalue weighted by molar-refractivity contribution is 6.30. The molecule has 1 aromatic carbocycles. The number of methoxy groups -OCH3 is 1. The number of halogens is 1. The van der Waals surface area contributed by atoms with E-state index < -0.39 is 0 Å². The molecule has 0 saturated carbocycles. The molecule has 102 valence electrons. The summed E-state index contributed by atoms with van der Waals surface area (Å²) in [5.74, 6) is 0.697. The van der Waals surface area contributed by atoms with Crippen molar-refractivity contribution in [3.63, 3.8) is 0 Å². The predicted molar refractivity (Wildman–Crippen MR) is 76.6 cm³/mol. The number of aromatic nitrogens is 2. The van der Waals surface area contributed by atoms with Crippen molar-refractivity contribution in [2.24, 2.45) is 5.73 Å². The van der Waals surface area contributed by atoms with Gasteiger partial charge < -0.3 is 10.5 Å². The maximum absolute atomic E-state index is 6.28. The molecule has 0 spiro atoms. The van der Waals surface area contributed by atoms with Crippen LogP contribution >= 0.6 is 11.6 Å². The van der Waals surface area contributed by atoms with Gasteiger partial charge in [-0.2, -0.15) is 5.10 Å². The average molecular weight is 280 g/mol. The Kier molecular flexibility index (Phi) is 4.45. The SMILES string of the molecule is CCCn1cc(C(N)c2ccc(Cl)cc2OC)cn1. The van der Waals surface area contributed by atoms with Crippen LogP contribution in [0.25, 0.3) is 0 Å². The first kappa shape index (κ1) is 13.9. The average Bonchev–Trinajstić information content (AvgIpc) is 2.87. The Morgan fingerprint density at radius 3 is 2.95 bits per heavy atom. The van der Waals surface area contributed by atoms with Crippen molar-refractivity contribution in [3.05, 3.63) is 46.7 Å². The van der Waals surface area contributed by atoms with E-state index in [0.717, 1.165) is 24.1 Å². The van der Waals surface area contributed by atoms with Crippen LogP contribution in [0.5, 0.6) is 5.75 Å². The van der Waals surface area contributed by atoms with Crippen LogP contribution in [0.15, 0.2) is 30.6 Å². The van der Waals surface area contributed by atoms with Crippen LogP contribution in [0.3, 0.4) is 0 Å². The van der Waals surface area contributed by atoms with Gasteiger partial charge in [0.1, 0.15) is 5.75 Å². The molecule has 1 unspecified atom stereocenters. The van der Waals surface area contributed by atoms with E-state index >= 15 is 0 Å². The van der Waals surface area contributed by atoms with Crippen molar-refractivity contribution in [3.8, 4) is 5.75 Å². The summed E-state index contributed by atoms with van der Waals surface area (Å²) < 4.78 is 7.23. The number of nitrogens with zero attached hydrogens (tertiary/aromatic N) is 2. The molecule has 2 rings (SSSR count). The van der Waals surface area contributed by atoms with Crippen molar-refractivity contribution in [2.45, 2.75) is 25.9 Å². The topological polar surface area (TPSA) is 53.1 Å². The lowest BCUT2D eigenvalue weighted by molar-refractivity contribution is 0.408. The Labute approximate surface area is 118 Å². The fourth-order valence-electron chi connectivity index (χ4n) is 2.01. The molecule has 5 heteroatoms. The molecule has 19 heavy (non-hydrogen) atoms. The van der Waals surface area contributed by atoms with E-state index in [0.29, 0.717) is 10.8 Å². The third-order valence-corrected chi connectivity index (χ3v) is 3.23. The van der Waals surface area contributed by atoms with Gasteiger partial charge in [-0.1, -0.05) is 24.6 Å². The first-order valence-electron chi connectivity index (χ1n) is 6.27. The number of rotatable bonds is 5. The fraction of sp³-hybridized carbons (Fsp3) is 0.357. The number of nitrogens with two attached hydrogens (primary N) is 1. The minimum atomic E-state index is -0.266. The third kappa shape index (κ3) is 3.08. The van der Waals surface area contributed by atoms with Crippen molar-refractivity contribution < 1.29 is 4.74 Å². The predicted octanol–water partition coefficient (Wildman–Crippen LogP) is 3.00. The molecule has 4 nitrogen and oxygen atoms in total. The lowest BCUT2D eigenvalue weighted by Crippen LogP contribution is -2.12. The largest absolute Gasteiger partial charge is 0.496 e. The zero-order valence-electron chi connectivity index (χ0n) is 11.1. The van der Waals surface area contributed by atoms with Crippen LogP contribution in [0.4, 0.5) is 0 Å². The summed E-state index contributed by atoms with van der Waals surface area (Å²) in [6.07, 6.45) is 4.82. The van der Waals surface area contributed by atoms with E-state index in [1.54, 1.807) is 19.4 Å². The van der Waals surface area contributed by atoms with Crippen LogP contribution in [-0.2, 0) is 6.54 Å². The summed E-state index contributed by atoms with van der Waals surface area (Å²) in [7, 11) is 1.61. The zero-order chi connectivity index (χ0) is 13.8. The normalized spacial score (nSPS) is 12.4. The second-order valence-electron chi connectivity index (χ2n) is 4.40. The van der Waals surface area contributed by atoms with Crippen LogP contribution in [-0.4, -0.2) is 16.9 Å². The summed E-state index contributed by atoms with van der Waals surface area (Å²) in [5, 5.41) is 4.93. The summed E-state index contributed by atoms with van der Waals surface area (Å²) >= 11 is 5.95. The maximum Gasteiger partial charge on any atom is 0.125 e. The third-order valence-electron chi connectivity index (χ3n) is 3.00. The van der Waals surface area contributed by atoms with Gasteiger partial charge in [-0.15, -0.1) is 0 Å². The molecule has 0 saturated heterocycles. The number of aryl methyl sites for hydroxylation is 1. The van der Waals surface area contributed by atoms with E-state index in [2.05, 4.69) is 12.0 Å². The van der Waals surface area contributed by atoms with Crippen molar-refractivity contribution >= 4 is 11.6 Å². The monoisotopic (exact) mass is 279 g/mol. The summed E-state index contributed by atoms with van der Waals surface area (Å²) in [5.41, 5.74) is 8.15. The number of hydrogen-bond acceptors (Lipinski definition) is 3. The molecule has 0 fully saturated rings. The smallest absolute Gasteiger partial charge is 0.125 e. The van der Waals surface area contributed by atoms with Gasteiger partial charge in [-0.3, -0.25) is 4.68 Å². The summed E-state index contributed by atoms with van der Waals surface area (Å²) in [6, 6.07) is 5.21. The quantitative estimate of drug-likeness (QED) is 0.915. The summed E-state index contributed by atoms with van der Waals surface area (Å²) in [6.45, 7) is 3.01. The minimum absolute atomic E-state index is 0.266. The number of benzene rings is 1. The van der Waals surface area contributed by atoms with Gasteiger partial charge in [-0.05, 0) is 18.6 Å². The molecule has 1 heterocycles. The fourth-order valence-corrected chi connectivity index (χ4v) is 2.18. The molecule has 0 aliphatic rings. The highest BCUT2D eigenvalue weighted by Crippen LogP contribution is 2.30. The van der Waals surface area contributed by atoms with Crippen molar-refractivity contribution in [1.82, 2.24) is 9.78 Å². The molecule has 0 aliphatic heterocycles. The van der Waals surface area contributed by atoms with Gasteiger partial charge in [0.15, 0.2) is 0 Å². The van der Waals surface area contributed by atoms with E-state index in [-0.39, 0.29) is 6.04 Å². The second-order valence-corrected chi connectivity index (χ2v) is 4.84. The van der Waals surface area contributed by atoms with Gasteiger partial charge in [-0.25, -0.2) is 0 Å². The number of ether oxygens (including phenoxy) is 1. The zero-order valence-corrected chi connectivity index (χ0v) is 11.9. The Morgan fingerprint density at radius 2 is 2.26 bits per heavy atom.